The summed E-state index contributed by atoms with van der Waals surface area (Å²) in [6, 6.07) is 1.57. The molecular formula is C10H9Br2NO3. The van der Waals surface area contributed by atoms with E-state index in [4.69, 9.17) is 4.74 Å². The molecule has 1 aromatic carbocycles. The quantitative estimate of drug-likeness (QED) is 0.701. The summed E-state index contributed by atoms with van der Waals surface area (Å²) in [7, 11) is 0. The van der Waals surface area contributed by atoms with Gasteiger partial charge in [0.05, 0.1) is 14.6 Å². The molecule has 1 aliphatic heterocycles. The second kappa shape index (κ2) is 3.63. The average Bonchev–Trinajstić information content (AvgIpc) is 2.16. The number of amides is 1. The maximum atomic E-state index is 11.4. The van der Waals surface area contributed by atoms with Crippen LogP contribution in [0.5, 0.6) is 5.75 Å². The number of nitrogens with one attached hydrogen (secondary N) is 1. The zero-order valence-corrected chi connectivity index (χ0v) is 11.8. The molecule has 0 saturated heterocycles. The smallest absolute Gasteiger partial charge is 0.412 e. The third-order valence-corrected chi connectivity index (χ3v) is 4.54. The van der Waals surface area contributed by atoms with Crippen molar-refractivity contribution in [3.63, 3.8) is 0 Å². The van der Waals surface area contributed by atoms with Gasteiger partial charge < -0.3 is 9.84 Å². The molecule has 0 aromatic heterocycles. The normalized spacial score (nSPS) is 17.4. The van der Waals surface area contributed by atoms with Crippen LogP contribution in [0.4, 0.5) is 10.5 Å². The first-order valence-electron chi connectivity index (χ1n) is 4.54. The van der Waals surface area contributed by atoms with Gasteiger partial charge in [-0.15, -0.1) is 0 Å². The SMILES string of the molecule is CC1(C)OC(=O)Nc2c1cc(O)c(Br)c2Br. The van der Waals surface area contributed by atoms with Crippen molar-refractivity contribution in [2.24, 2.45) is 0 Å². The molecule has 1 amide bonds. The van der Waals surface area contributed by atoms with E-state index >= 15 is 0 Å². The Morgan fingerprint density at radius 1 is 1.38 bits per heavy atom. The van der Waals surface area contributed by atoms with Gasteiger partial charge >= 0.3 is 6.09 Å². The number of phenols is 1. The van der Waals surface area contributed by atoms with E-state index in [-0.39, 0.29) is 5.75 Å². The van der Waals surface area contributed by atoms with E-state index in [1.165, 1.54) is 0 Å². The van der Waals surface area contributed by atoms with Crippen LogP contribution in [0.1, 0.15) is 19.4 Å². The molecule has 2 N–H and O–H groups in total. The molecule has 0 radical (unpaired) electrons. The number of carbonyl (C=O) groups is 1. The highest BCUT2D eigenvalue weighted by molar-refractivity contribution is 9.13. The summed E-state index contributed by atoms with van der Waals surface area (Å²) in [5.41, 5.74) is 0.573. The van der Waals surface area contributed by atoms with Crippen molar-refractivity contribution in [3.8, 4) is 5.75 Å². The number of cyclic esters (lactones) is 1. The minimum Gasteiger partial charge on any atom is -0.507 e. The minimum absolute atomic E-state index is 0.0958. The molecule has 1 heterocycles. The molecule has 0 fully saturated rings. The van der Waals surface area contributed by atoms with Gasteiger partial charge in [-0.1, -0.05) is 0 Å². The van der Waals surface area contributed by atoms with Crippen LogP contribution >= 0.6 is 31.9 Å². The number of rotatable bonds is 0. The van der Waals surface area contributed by atoms with Gasteiger partial charge in [0.15, 0.2) is 0 Å². The fourth-order valence-electron chi connectivity index (χ4n) is 1.62. The Kier molecular flexibility index (Phi) is 2.66. The number of fused-ring (bicyclic) bond motifs is 1. The van der Waals surface area contributed by atoms with E-state index in [1.54, 1.807) is 19.9 Å². The minimum atomic E-state index is -0.766. The summed E-state index contributed by atoms with van der Waals surface area (Å²) >= 11 is 6.55. The summed E-state index contributed by atoms with van der Waals surface area (Å²) in [4.78, 5) is 11.4. The molecule has 4 nitrogen and oxygen atoms in total. The van der Waals surface area contributed by atoms with Crippen LogP contribution in [0.25, 0.3) is 0 Å². The number of halogens is 2. The van der Waals surface area contributed by atoms with Crippen LogP contribution in [0.15, 0.2) is 15.0 Å². The maximum absolute atomic E-state index is 11.4. The van der Waals surface area contributed by atoms with Crippen molar-refractivity contribution in [1.82, 2.24) is 0 Å². The van der Waals surface area contributed by atoms with Crippen LogP contribution in [-0.4, -0.2) is 11.2 Å². The first-order chi connectivity index (χ1) is 7.33. The van der Waals surface area contributed by atoms with Crippen LogP contribution in [0.3, 0.4) is 0 Å². The lowest BCUT2D eigenvalue weighted by Crippen LogP contribution is -2.34. The highest BCUT2D eigenvalue weighted by atomic mass is 79.9. The number of anilines is 1. The number of benzene rings is 1. The molecule has 2 rings (SSSR count). The van der Waals surface area contributed by atoms with Gasteiger partial charge in [-0.05, 0) is 51.8 Å². The lowest BCUT2D eigenvalue weighted by Gasteiger charge is -2.33. The average molecular weight is 351 g/mol. The highest BCUT2D eigenvalue weighted by Gasteiger charge is 2.35. The number of aromatic hydroxyl groups is 1. The van der Waals surface area contributed by atoms with E-state index in [0.29, 0.717) is 14.6 Å². The second-order valence-corrected chi connectivity index (χ2v) is 5.56. The molecule has 1 aromatic rings. The molecule has 0 aliphatic carbocycles. The predicted molar refractivity (Wildman–Crippen MR) is 66.6 cm³/mol. The van der Waals surface area contributed by atoms with Crippen molar-refractivity contribution in [3.05, 3.63) is 20.6 Å². The van der Waals surface area contributed by atoms with Crippen molar-refractivity contribution < 1.29 is 14.6 Å². The highest BCUT2D eigenvalue weighted by Crippen LogP contribution is 2.46. The van der Waals surface area contributed by atoms with E-state index in [0.717, 1.165) is 5.56 Å². The molecule has 0 spiro atoms. The summed E-state index contributed by atoms with van der Waals surface area (Å²) in [5, 5.41) is 12.3. The lowest BCUT2D eigenvalue weighted by molar-refractivity contribution is 0.0417. The van der Waals surface area contributed by atoms with Gasteiger partial charge in [0, 0.05) is 5.56 Å². The predicted octanol–water partition coefficient (Wildman–Crippen LogP) is 3.71. The molecule has 0 unspecified atom stereocenters. The Balaban J connectivity index is 2.73. The third kappa shape index (κ3) is 1.69. The van der Waals surface area contributed by atoms with Crippen LogP contribution < -0.4 is 5.32 Å². The van der Waals surface area contributed by atoms with Gasteiger partial charge in [0.1, 0.15) is 11.4 Å². The molecule has 0 atom stereocenters. The monoisotopic (exact) mass is 349 g/mol. The van der Waals surface area contributed by atoms with Gasteiger partial charge in [-0.25, -0.2) is 4.79 Å². The van der Waals surface area contributed by atoms with Crippen molar-refractivity contribution in [1.29, 1.82) is 0 Å². The first kappa shape index (κ1) is 11.7. The van der Waals surface area contributed by atoms with Gasteiger partial charge in [0.2, 0.25) is 0 Å². The number of ether oxygens (including phenoxy) is 1. The number of hydrogen-bond acceptors (Lipinski definition) is 3. The molecule has 0 saturated carbocycles. The molecular weight excluding hydrogens is 342 g/mol. The van der Waals surface area contributed by atoms with Crippen LogP contribution in [-0.2, 0) is 10.3 Å². The second-order valence-electron chi connectivity index (χ2n) is 3.97. The standard InChI is InChI=1S/C10H9Br2NO3/c1-10(2)4-3-5(14)6(11)7(12)8(4)13-9(15)16-10/h3,14H,1-2H3,(H,13,15). The van der Waals surface area contributed by atoms with E-state index in [9.17, 15) is 9.90 Å². The van der Waals surface area contributed by atoms with E-state index in [2.05, 4.69) is 37.2 Å². The zero-order valence-electron chi connectivity index (χ0n) is 8.60. The van der Waals surface area contributed by atoms with Crippen molar-refractivity contribution >= 4 is 43.6 Å². The number of hydrogen-bond donors (Lipinski definition) is 2. The van der Waals surface area contributed by atoms with Gasteiger partial charge in [0.25, 0.3) is 0 Å². The summed E-state index contributed by atoms with van der Waals surface area (Å²) in [6.45, 7) is 3.54. The Labute approximate surface area is 109 Å². The van der Waals surface area contributed by atoms with Crippen LogP contribution in [0, 0.1) is 0 Å². The van der Waals surface area contributed by atoms with Crippen molar-refractivity contribution in [2.75, 3.05) is 5.32 Å². The molecule has 86 valence electrons. The Hall–Kier alpha value is -0.750. The topological polar surface area (TPSA) is 58.6 Å². The van der Waals surface area contributed by atoms with E-state index < -0.39 is 11.7 Å². The third-order valence-electron chi connectivity index (χ3n) is 2.41. The molecule has 1 aliphatic rings. The summed E-state index contributed by atoms with van der Waals surface area (Å²) in [5.74, 6) is 0.0958. The Bertz CT molecular complexity index is 485. The fraction of sp³-hybridized carbons (Fsp3) is 0.300. The van der Waals surface area contributed by atoms with E-state index in [1.807, 2.05) is 0 Å². The first-order valence-corrected chi connectivity index (χ1v) is 6.13. The number of carbonyl (C=O) groups excluding carboxylic acids is 1. The fourth-order valence-corrected chi connectivity index (χ4v) is 2.45. The molecule has 6 heteroatoms. The molecule has 16 heavy (non-hydrogen) atoms. The van der Waals surface area contributed by atoms with Gasteiger partial charge in [-0.2, -0.15) is 0 Å². The Morgan fingerprint density at radius 3 is 2.62 bits per heavy atom. The Morgan fingerprint density at radius 2 is 2.00 bits per heavy atom. The summed E-state index contributed by atoms with van der Waals surface area (Å²) in [6.07, 6.45) is -0.504. The van der Waals surface area contributed by atoms with Crippen molar-refractivity contribution in [2.45, 2.75) is 19.4 Å². The van der Waals surface area contributed by atoms with Crippen LogP contribution in [0.2, 0.25) is 0 Å². The van der Waals surface area contributed by atoms with Gasteiger partial charge in [-0.3, -0.25) is 5.32 Å². The molecule has 0 bridgehead atoms. The zero-order chi connectivity index (χ0) is 12.1. The number of phenolic OH excluding ortho intramolecular Hbond substituents is 1. The summed E-state index contributed by atoms with van der Waals surface area (Å²) < 4.78 is 6.26. The largest absolute Gasteiger partial charge is 0.507 e. The maximum Gasteiger partial charge on any atom is 0.412 e. The lowest BCUT2D eigenvalue weighted by atomic mass is 9.94.